The average Bonchev–Trinajstić information content (AvgIpc) is 2.63. The number of amides is 1. The fourth-order valence-electron chi connectivity index (χ4n) is 3.19. The van der Waals surface area contributed by atoms with Crippen LogP contribution in [0, 0.1) is 19.7 Å². The normalized spacial score (nSPS) is 15.6. The van der Waals surface area contributed by atoms with Crippen molar-refractivity contribution in [3.05, 3.63) is 34.9 Å². The number of carbonyl (C=O) groups is 1. The van der Waals surface area contributed by atoms with Gasteiger partial charge in [-0.15, -0.1) is 0 Å². The number of ether oxygens (including phenoxy) is 1. The summed E-state index contributed by atoms with van der Waals surface area (Å²) in [5, 5.41) is 0. The number of aromatic nitrogens is 2. The first-order valence-corrected chi connectivity index (χ1v) is 9.05. The molecule has 1 amide bonds. The van der Waals surface area contributed by atoms with Gasteiger partial charge in [-0.3, -0.25) is 4.79 Å². The number of aryl methyl sites for hydroxylation is 2. The maximum absolute atomic E-state index is 14.0. The van der Waals surface area contributed by atoms with Gasteiger partial charge in [-0.1, -0.05) is 0 Å². The van der Waals surface area contributed by atoms with Crippen LogP contribution in [0.25, 0.3) is 11.0 Å². The number of nitrogens with two attached hydrogens (primary N) is 1. The van der Waals surface area contributed by atoms with Gasteiger partial charge < -0.3 is 15.4 Å². The van der Waals surface area contributed by atoms with Crippen molar-refractivity contribution >= 4 is 16.9 Å². The quantitative estimate of drug-likeness (QED) is 0.828. The van der Waals surface area contributed by atoms with Crippen molar-refractivity contribution in [2.75, 3.05) is 26.2 Å². The van der Waals surface area contributed by atoms with Crippen LogP contribution in [0.4, 0.5) is 4.39 Å². The molecule has 2 N–H and O–H groups in total. The van der Waals surface area contributed by atoms with Crippen molar-refractivity contribution in [2.24, 2.45) is 5.73 Å². The summed E-state index contributed by atoms with van der Waals surface area (Å²) in [6.45, 7) is 6.10. The highest BCUT2D eigenvalue weighted by Gasteiger charge is 2.26. The molecule has 3 rings (SSSR count). The Morgan fingerprint density at radius 1 is 1.27 bits per heavy atom. The molecule has 0 radical (unpaired) electrons. The molecule has 1 aromatic heterocycles. The predicted molar refractivity (Wildman–Crippen MR) is 97.5 cm³/mol. The fraction of sp³-hybridized carbons (Fsp3) is 0.526. The van der Waals surface area contributed by atoms with E-state index in [9.17, 15) is 9.18 Å². The molecule has 6 nitrogen and oxygen atoms in total. The lowest BCUT2D eigenvalue weighted by Gasteiger charge is -2.32. The fourth-order valence-corrected chi connectivity index (χ4v) is 3.19. The number of hydrogen-bond donors (Lipinski definition) is 1. The molecule has 1 fully saturated rings. The Balaban J connectivity index is 1.77. The monoisotopic (exact) mass is 360 g/mol. The number of fused-ring (bicyclic) bond motifs is 1. The number of benzene rings is 1. The summed E-state index contributed by atoms with van der Waals surface area (Å²) >= 11 is 0. The van der Waals surface area contributed by atoms with Gasteiger partial charge in [0.15, 0.2) is 0 Å². The lowest BCUT2D eigenvalue weighted by molar-refractivity contribution is 0.00848. The summed E-state index contributed by atoms with van der Waals surface area (Å²) in [4.78, 5) is 23.6. The van der Waals surface area contributed by atoms with E-state index < -0.39 is 5.82 Å². The van der Waals surface area contributed by atoms with Crippen LogP contribution in [-0.4, -0.2) is 53.1 Å². The lowest BCUT2D eigenvalue weighted by Crippen LogP contribution is -2.41. The Morgan fingerprint density at radius 2 is 1.96 bits per heavy atom. The van der Waals surface area contributed by atoms with Crippen molar-refractivity contribution in [2.45, 2.75) is 39.2 Å². The first-order valence-electron chi connectivity index (χ1n) is 9.05. The van der Waals surface area contributed by atoms with Gasteiger partial charge in [0, 0.05) is 25.8 Å². The first kappa shape index (κ1) is 18.7. The standard InChI is InChI=1S/C19H25FN4O2/c1-12-13(2)23-18-16(10-14(20)11-17(18)22-12)19(25)24-7-4-15(5-8-24)26-9-3-6-21/h10-11,15H,3-9,21H2,1-2H3. The van der Waals surface area contributed by atoms with Crippen LogP contribution in [-0.2, 0) is 4.74 Å². The van der Waals surface area contributed by atoms with Crippen LogP contribution >= 0.6 is 0 Å². The second-order valence-electron chi connectivity index (χ2n) is 6.72. The summed E-state index contributed by atoms with van der Waals surface area (Å²) in [5.74, 6) is -0.675. The Bertz CT molecular complexity index is 804. The topological polar surface area (TPSA) is 81.3 Å². The molecule has 0 spiro atoms. The van der Waals surface area contributed by atoms with E-state index >= 15 is 0 Å². The van der Waals surface area contributed by atoms with Crippen molar-refractivity contribution in [3.63, 3.8) is 0 Å². The third-order valence-electron chi connectivity index (χ3n) is 4.81. The summed E-state index contributed by atoms with van der Waals surface area (Å²) in [6.07, 6.45) is 2.53. The third kappa shape index (κ3) is 3.99. The zero-order chi connectivity index (χ0) is 18.7. The first-order chi connectivity index (χ1) is 12.5. The van der Waals surface area contributed by atoms with E-state index in [-0.39, 0.29) is 17.6 Å². The number of nitrogens with zero attached hydrogens (tertiary/aromatic N) is 3. The Labute approximate surface area is 152 Å². The highest BCUT2D eigenvalue weighted by Crippen LogP contribution is 2.23. The van der Waals surface area contributed by atoms with Crippen molar-refractivity contribution in [3.8, 4) is 0 Å². The van der Waals surface area contributed by atoms with Crippen LogP contribution < -0.4 is 5.73 Å². The maximum atomic E-state index is 14.0. The number of likely N-dealkylation sites (tertiary alicyclic amines) is 1. The van der Waals surface area contributed by atoms with Gasteiger partial charge in [-0.05, 0) is 45.7 Å². The van der Waals surface area contributed by atoms with E-state index in [1.807, 2.05) is 13.8 Å². The van der Waals surface area contributed by atoms with Crippen molar-refractivity contribution in [1.82, 2.24) is 14.9 Å². The maximum Gasteiger partial charge on any atom is 0.256 e. The number of piperidine rings is 1. The molecular weight excluding hydrogens is 335 g/mol. The van der Waals surface area contributed by atoms with Gasteiger partial charge in [0.2, 0.25) is 0 Å². The number of halogens is 1. The Kier molecular flexibility index (Phi) is 5.78. The summed E-state index contributed by atoms with van der Waals surface area (Å²) < 4.78 is 19.8. The summed E-state index contributed by atoms with van der Waals surface area (Å²) in [6, 6.07) is 2.58. The highest BCUT2D eigenvalue weighted by molar-refractivity contribution is 6.04. The molecule has 1 saturated heterocycles. The molecule has 0 unspecified atom stereocenters. The molecule has 0 aliphatic carbocycles. The largest absolute Gasteiger partial charge is 0.378 e. The molecular formula is C19H25FN4O2. The second kappa shape index (κ2) is 8.05. The van der Waals surface area contributed by atoms with Gasteiger partial charge in [0.05, 0.1) is 28.6 Å². The molecule has 0 saturated carbocycles. The second-order valence-corrected chi connectivity index (χ2v) is 6.72. The van der Waals surface area contributed by atoms with Crippen LogP contribution in [0.15, 0.2) is 12.1 Å². The minimum Gasteiger partial charge on any atom is -0.378 e. The molecule has 26 heavy (non-hydrogen) atoms. The summed E-state index contributed by atoms with van der Waals surface area (Å²) in [5.41, 5.74) is 8.10. The van der Waals surface area contributed by atoms with Gasteiger partial charge in [0.25, 0.3) is 5.91 Å². The smallest absolute Gasteiger partial charge is 0.256 e. The SMILES string of the molecule is Cc1nc2cc(F)cc(C(=O)N3CCC(OCCCN)CC3)c2nc1C. The van der Waals surface area contributed by atoms with Gasteiger partial charge in [0.1, 0.15) is 11.3 Å². The number of hydrogen-bond acceptors (Lipinski definition) is 5. The zero-order valence-electron chi connectivity index (χ0n) is 15.3. The van der Waals surface area contributed by atoms with Crippen molar-refractivity contribution in [1.29, 1.82) is 0 Å². The van der Waals surface area contributed by atoms with E-state index in [4.69, 9.17) is 10.5 Å². The minimum absolute atomic E-state index is 0.152. The molecule has 2 aromatic rings. The molecule has 1 aliphatic heterocycles. The zero-order valence-corrected chi connectivity index (χ0v) is 15.3. The number of rotatable bonds is 5. The molecule has 1 aromatic carbocycles. The van der Waals surface area contributed by atoms with E-state index in [0.717, 1.165) is 30.7 Å². The van der Waals surface area contributed by atoms with E-state index in [1.54, 1.807) is 4.90 Å². The van der Waals surface area contributed by atoms with Crippen LogP contribution in [0.5, 0.6) is 0 Å². The van der Waals surface area contributed by atoms with Crippen LogP contribution in [0.1, 0.15) is 41.0 Å². The minimum atomic E-state index is -0.474. The van der Waals surface area contributed by atoms with Gasteiger partial charge in [-0.25, -0.2) is 14.4 Å². The number of carbonyl (C=O) groups excluding carboxylic acids is 1. The van der Waals surface area contributed by atoms with E-state index in [1.165, 1.54) is 12.1 Å². The highest BCUT2D eigenvalue weighted by atomic mass is 19.1. The molecule has 0 bridgehead atoms. The van der Waals surface area contributed by atoms with E-state index in [0.29, 0.717) is 37.3 Å². The Hall–Kier alpha value is -2.12. The molecule has 1 aliphatic rings. The molecule has 2 heterocycles. The third-order valence-corrected chi connectivity index (χ3v) is 4.81. The van der Waals surface area contributed by atoms with Crippen molar-refractivity contribution < 1.29 is 13.9 Å². The Morgan fingerprint density at radius 3 is 2.65 bits per heavy atom. The van der Waals surface area contributed by atoms with Crippen LogP contribution in [0.2, 0.25) is 0 Å². The van der Waals surface area contributed by atoms with Gasteiger partial charge in [-0.2, -0.15) is 0 Å². The van der Waals surface area contributed by atoms with E-state index in [2.05, 4.69) is 9.97 Å². The molecule has 7 heteroatoms. The lowest BCUT2D eigenvalue weighted by atomic mass is 10.0. The molecule has 0 atom stereocenters. The average molecular weight is 360 g/mol. The predicted octanol–water partition coefficient (Wildman–Crippen LogP) is 2.36. The molecule has 140 valence electrons. The van der Waals surface area contributed by atoms with Gasteiger partial charge >= 0.3 is 0 Å². The summed E-state index contributed by atoms with van der Waals surface area (Å²) in [7, 11) is 0. The van der Waals surface area contributed by atoms with Crippen LogP contribution in [0.3, 0.4) is 0 Å².